The van der Waals surface area contributed by atoms with Gasteiger partial charge in [0.2, 0.25) is 0 Å². The summed E-state index contributed by atoms with van der Waals surface area (Å²) in [5, 5.41) is 4.42. The van der Waals surface area contributed by atoms with Crippen LogP contribution in [0.1, 0.15) is 54.0 Å². The minimum atomic E-state index is -0.904. The molecule has 2 N–H and O–H groups in total. The van der Waals surface area contributed by atoms with Crippen LogP contribution in [0.15, 0.2) is 27.8 Å². The van der Waals surface area contributed by atoms with Crippen molar-refractivity contribution >= 4 is 33.9 Å². The van der Waals surface area contributed by atoms with Gasteiger partial charge in [0.1, 0.15) is 5.82 Å². The lowest BCUT2D eigenvalue weighted by atomic mass is 9.78. The summed E-state index contributed by atoms with van der Waals surface area (Å²) in [4.78, 5) is 10.1. The fourth-order valence-electron chi connectivity index (χ4n) is 4.66. The number of fused-ring (bicyclic) bond motifs is 2. The molecule has 27 heavy (non-hydrogen) atoms. The van der Waals surface area contributed by atoms with Gasteiger partial charge >= 0.3 is 0 Å². The van der Waals surface area contributed by atoms with E-state index in [-0.39, 0.29) is 11.4 Å². The molecule has 6 rings (SSSR count). The Hall–Kier alpha value is -1.16. The number of piperidine rings is 1. The van der Waals surface area contributed by atoms with E-state index in [0.29, 0.717) is 17.1 Å². The van der Waals surface area contributed by atoms with E-state index in [0.717, 1.165) is 29.3 Å². The van der Waals surface area contributed by atoms with Crippen molar-refractivity contribution < 1.29 is 4.21 Å². The third-order valence-corrected chi connectivity index (χ3v) is 10.8. The summed E-state index contributed by atoms with van der Waals surface area (Å²) in [5.41, 5.74) is 7.91. The van der Waals surface area contributed by atoms with Gasteiger partial charge in [0.05, 0.1) is 43.5 Å². The number of nitrogens with zero attached hydrogens (tertiary/aromatic N) is 3. The van der Waals surface area contributed by atoms with Crippen molar-refractivity contribution in [3.63, 3.8) is 0 Å². The zero-order valence-corrected chi connectivity index (χ0v) is 17.4. The van der Waals surface area contributed by atoms with E-state index in [4.69, 9.17) is 0 Å². The molecule has 142 valence electrons. The predicted molar refractivity (Wildman–Crippen MR) is 109 cm³/mol. The van der Waals surface area contributed by atoms with Crippen molar-refractivity contribution in [3.8, 4) is 0 Å². The van der Waals surface area contributed by atoms with Gasteiger partial charge in [-0.25, -0.2) is 9.66 Å². The number of thioether (sulfide) groups is 1. The average Bonchev–Trinajstić information content (AvgIpc) is 3.34. The van der Waals surface area contributed by atoms with Gasteiger partial charge in [-0.1, -0.05) is 18.2 Å². The first-order chi connectivity index (χ1) is 13.2. The summed E-state index contributed by atoms with van der Waals surface area (Å²) in [7, 11) is -0.904. The van der Waals surface area contributed by atoms with Crippen LogP contribution >= 0.6 is 23.1 Å². The average molecular weight is 420 g/mol. The number of hydrogen-bond donors (Lipinski definition) is 2. The predicted octanol–water partition coefficient (Wildman–Crippen LogP) is 3.18. The van der Waals surface area contributed by atoms with E-state index in [9.17, 15) is 4.21 Å². The minimum Gasteiger partial charge on any atom is -0.297 e. The van der Waals surface area contributed by atoms with Crippen molar-refractivity contribution in [1.29, 1.82) is 0 Å². The molecule has 0 aromatic carbocycles. The highest BCUT2D eigenvalue weighted by Gasteiger charge is 2.51. The van der Waals surface area contributed by atoms with Gasteiger partial charge in [-0.05, 0) is 26.2 Å². The van der Waals surface area contributed by atoms with Gasteiger partial charge in [0, 0.05) is 34.2 Å². The van der Waals surface area contributed by atoms with Crippen LogP contribution in [0, 0.1) is 12.8 Å². The number of aryl methyl sites for hydroxylation is 1. The van der Waals surface area contributed by atoms with Gasteiger partial charge in [-0.15, -0.1) is 11.3 Å². The Balaban J connectivity index is 1.44. The zero-order chi connectivity index (χ0) is 18.1. The normalized spacial score (nSPS) is 33.2. The maximum Gasteiger partial charge on any atom is 0.124 e. The number of thiazole rings is 1. The van der Waals surface area contributed by atoms with Gasteiger partial charge in [0.15, 0.2) is 0 Å². The van der Waals surface area contributed by atoms with E-state index < -0.39 is 10.8 Å². The summed E-state index contributed by atoms with van der Waals surface area (Å²) in [6.45, 7) is 2.03. The lowest BCUT2D eigenvalue weighted by Gasteiger charge is -2.43. The Labute approximate surface area is 168 Å². The molecule has 5 atom stereocenters. The van der Waals surface area contributed by atoms with Crippen LogP contribution in [0.3, 0.4) is 0 Å². The van der Waals surface area contributed by atoms with E-state index in [2.05, 4.69) is 25.4 Å². The molecule has 1 saturated carbocycles. The Morgan fingerprint density at radius 1 is 1.33 bits per heavy atom. The molecule has 1 aliphatic carbocycles. The number of rotatable bonds is 3. The van der Waals surface area contributed by atoms with Crippen LogP contribution in [0.2, 0.25) is 0 Å². The maximum atomic E-state index is 13.2. The molecule has 5 unspecified atom stereocenters. The summed E-state index contributed by atoms with van der Waals surface area (Å²) in [5.74, 6) is 1.68. The highest BCUT2D eigenvalue weighted by Crippen LogP contribution is 2.56. The topological polar surface area (TPSA) is 71.8 Å². The summed E-state index contributed by atoms with van der Waals surface area (Å²) in [6, 6.07) is 0.288. The molecule has 2 aromatic heterocycles. The summed E-state index contributed by atoms with van der Waals surface area (Å²) < 4.78 is 16.4. The van der Waals surface area contributed by atoms with E-state index >= 15 is 0 Å². The first-order valence-corrected chi connectivity index (χ1v) is 12.4. The van der Waals surface area contributed by atoms with Crippen LogP contribution in [0.5, 0.6) is 0 Å². The molecule has 6 nitrogen and oxygen atoms in total. The highest BCUT2D eigenvalue weighted by molar-refractivity contribution is 8.17. The second-order valence-corrected chi connectivity index (χ2v) is 11.8. The molecule has 2 aromatic rings. The number of imidazole rings is 1. The molecular formula is C18H21N5OS3. The molecule has 1 saturated heterocycles. The van der Waals surface area contributed by atoms with E-state index in [1.165, 1.54) is 22.7 Å². The minimum absolute atomic E-state index is 0.251. The molecular weight excluding hydrogens is 398 g/mol. The van der Waals surface area contributed by atoms with Gasteiger partial charge in [0.25, 0.3) is 0 Å². The molecule has 4 aliphatic rings. The van der Waals surface area contributed by atoms with Crippen molar-refractivity contribution in [1.82, 2.24) is 20.0 Å². The Bertz CT molecular complexity index is 948. The summed E-state index contributed by atoms with van der Waals surface area (Å²) >= 11 is 3.51. The van der Waals surface area contributed by atoms with Crippen molar-refractivity contribution in [2.45, 2.75) is 55.2 Å². The van der Waals surface area contributed by atoms with Crippen LogP contribution in [-0.2, 0) is 10.8 Å². The molecule has 5 heterocycles. The first-order valence-electron chi connectivity index (χ1n) is 9.48. The van der Waals surface area contributed by atoms with Gasteiger partial charge in [-0.3, -0.25) is 19.9 Å². The Morgan fingerprint density at radius 2 is 2.22 bits per heavy atom. The first kappa shape index (κ1) is 16.8. The van der Waals surface area contributed by atoms with Crippen LogP contribution in [-0.4, -0.2) is 29.5 Å². The van der Waals surface area contributed by atoms with Crippen molar-refractivity contribution in [2.75, 3.05) is 5.43 Å². The quantitative estimate of drug-likeness (QED) is 0.796. The second-order valence-electron chi connectivity index (χ2n) is 7.76. The largest absolute Gasteiger partial charge is 0.297 e. The van der Waals surface area contributed by atoms with Crippen LogP contribution in [0.25, 0.3) is 0 Å². The third kappa shape index (κ3) is 2.44. The third-order valence-electron chi connectivity index (χ3n) is 6.31. The van der Waals surface area contributed by atoms with Crippen LogP contribution < -0.4 is 10.7 Å². The van der Waals surface area contributed by atoms with Crippen LogP contribution in [0.4, 0.5) is 0 Å². The molecule has 0 bridgehead atoms. The van der Waals surface area contributed by atoms with Gasteiger partial charge in [-0.2, -0.15) is 0 Å². The molecule has 0 amide bonds. The summed E-state index contributed by atoms with van der Waals surface area (Å²) in [6.07, 6.45) is 8.41. The van der Waals surface area contributed by atoms with Gasteiger partial charge < -0.3 is 0 Å². The molecule has 3 aliphatic heterocycles. The van der Waals surface area contributed by atoms with E-state index in [1.807, 2.05) is 24.8 Å². The molecule has 0 spiro atoms. The smallest absolute Gasteiger partial charge is 0.124 e. The SMILES string of the molecule is Cc1ncc2n1NC1=C(S(=O)C3CCC3)SC3NC(c4cncs4)CC2C13. The van der Waals surface area contributed by atoms with Crippen molar-refractivity contribution in [2.24, 2.45) is 5.92 Å². The lowest BCUT2D eigenvalue weighted by Crippen LogP contribution is -2.48. The van der Waals surface area contributed by atoms with Crippen molar-refractivity contribution in [3.05, 3.63) is 44.2 Å². The Morgan fingerprint density at radius 3 is 2.96 bits per heavy atom. The fraction of sp³-hybridized carbons (Fsp3) is 0.556. The molecule has 9 heteroatoms. The number of nitrogens with one attached hydrogen (secondary N) is 2. The standard InChI is InChI=1S/C18H21N5OS3/c1-9-20-6-13-11-5-12(14-7-19-8-25-14)21-17-15(11)16(22-23(9)13)18(26-17)27(24)10-3-2-4-10/h6-8,10-12,15,17,21-22H,2-5H2,1H3. The zero-order valence-electron chi connectivity index (χ0n) is 14.9. The maximum absolute atomic E-state index is 13.2. The lowest BCUT2D eigenvalue weighted by molar-refractivity contribution is 0.268. The number of aromatic nitrogens is 3. The molecule has 0 radical (unpaired) electrons. The monoisotopic (exact) mass is 419 g/mol. The van der Waals surface area contributed by atoms with E-state index in [1.54, 1.807) is 23.1 Å². The second kappa shape index (κ2) is 6.17. The Kier molecular flexibility index (Phi) is 3.83. The highest BCUT2D eigenvalue weighted by atomic mass is 32.2. The number of hydrogen-bond acceptors (Lipinski definition) is 7. The molecule has 2 fully saturated rings. The fourth-order valence-corrected chi connectivity index (χ4v) is 9.16.